The van der Waals surface area contributed by atoms with Crippen molar-refractivity contribution in [1.82, 2.24) is 14.7 Å². The molecule has 0 spiro atoms. The number of aryl methyl sites for hydroxylation is 1. The molecular weight excluding hydrogens is 306 g/mol. The molecule has 1 saturated heterocycles. The van der Waals surface area contributed by atoms with Crippen LogP contribution in [0.15, 0.2) is 36.7 Å². The smallest absolute Gasteiger partial charge is 0.124 e. The summed E-state index contributed by atoms with van der Waals surface area (Å²) < 4.78 is 12.9. The number of aliphatic hydroxyl groups excluding tert-OH is 1. The lowest BCUT2D eigenvalue weighted by Crippen LogP contribution is -2.51. The van der Waals surface area contributed by atoms with Crippen LogP contribution in [-0.4, -0.2) is 59.2 Å². The number of ether oxygens (including phenoxy) is 2. The second-order valence-corrected chi connectivity index (χ2v) is 6.35. The molecule has 1 aromatic heterocycles. The fraction of sp³-hybridized carbons (Fsp3) is 0.500. The first-order valence-corrected chi connectivity index (χ1v) is 8.26. The normalized spacial score (nSPS) is 16.8. The minimum Gasteiger partial charge on any atom is -0.496 e. The summed E-state index contributed by atoms with van der Waals surface area (Å²) in [7, 11) is 1.65. The van der Waals surface area contributed by atoms with Crippen LogP contribution in [0.4, 0.5) is 0 Å². The van der Waals surface area contributed by atoms with Gasteiger partial charge in [-0.15, -0.1) is 0 Å². The van der Waals surface area contributed by atoms with Crippen LogP contribution in [0.3, 0.4) is 0 Å². The third-order valence-corrected chi connectivity index (χ3v) is 4.27. The Hall–Kier alpha value is -1.89. The summed E-state index contributed by atoms with van der Waals surface area (Å²) in [6, 6.07) is 8.18. The van der Waals surface area contributed by atoms with E-state index in [2.05, 4.69) is 16.2 Å². The molecule has 0 bridgehead atoms. The maximum atomic E-state index is 10.1. The van der Waals surface area contributed by atoms with Crippen LogP contribution in [0.2, 0.25) is 0 Å². The first kappa shape index (κ1) is 17.0. The van der Waals surface area contributed by atoms with Gasteiger partial charge in [0.15, 0.2) is 0 Å². The van der Waals surface area contributed by atoms with Gasteiger partial charge in [-0.25, -0.2) is 0 Å². The monoisotopic (exact) mass is 331 g/mol. The molecule has 24 heavy (non-hydrogen) atoms. The van der Waals surface area contributed by atoms with Gasteiger partial charge in [0, 0.05) is 31.4 Å². The zero-order chi connectivity index (χ0) is 16.9. The lowest BCUT2D eigenvalue weighted by Gasteiger charge is -2.40. The van der Waals surface area contributed by atoms with Crippen molar-refractivity contribution in [2.75, 3.05) is 33.4 Å². The van der Waals surface area contributed by atoms with Gasteiger partial charge in [0.05, 0.1) is 38.7 Å². The number of rotatable bonds is 8. The van der Waals surface area contributed by atoms with Crippen molar-refractivity contribution >= 4 is 0 Å². The summed E-state index contributed by atoms with van der Waals surface area (Å²) >= 11 is 0. The Kier molecular flexibility index (Phi) is 5.50. The molecular formula is C18H25N3O3. The zero-order valence-corrected chi connectivity index (χ0v) is 14.3. The summed E-state index contributed by atoms with van der Waals surface area (Å²) in [4.78, 5) is 2.22. The molecule has 0 radical (unpaired) electrons. The molecule has 6 heteroatoms. The van der Waals surface area contributed by atoms with Gasteiger partial charge in [-0.3, -0.25) is 9.58 Å². The van der Waals surface area contributed by atoms with E-state index in [1.807, 2.05) is 42.1 Å². The molecule has 2 heterocycles. The van der Waals surface area contributed by atoms with E-state index in [-0.39, 0.29) is 0 Å². The highest BCUT2D eigenvalue weighted by Crippen LogP contribution is 2.21. The largest absolute Gasteiger partial charge is 0.496 e. The number of hydrogen-bond donors (Lipinski definition) is 1. The average Bonchev–Trinajstić information content (AvgIpc) is 2.97. The van der Waals surface area contributed by atoms with E-state index in [0.29, 0.717) is 25.8 Å². The van der Waals surface area contributed by atoms with E-state index < -0.39 is 6.10 Å². The van der Waals surface area contributed by atoms with Gasteiger partial charge in [-0.1, -0.05) is 18.2 Å². The number of nitrogens with zero attached hydrogens (tertiary/aromatic N) is 3. The Balaban J connectivity index is 1.36. The van der Waals surface area contributed by atoms with Crippen LogP contribution in [0.1, 0.15) is 17.2 Å². The standard InChI is InChI=1S/C18H25N3O3/c1-14-7-19-21(8-14)16-9-20(10-16)11-17(22)13-24-12-15-5-3-4-6-18(15)23-2/h3-8,16-17,22H,9-13H2,1-2H3. The van der Waals surface area contributed by atoms with Gasteiger partial charge in [0.1, 0.15) is 5.75 Å². The van der Waals surface area contributed by atoms with Gasteiger partial charge >= 0.3 is 0 Å². The van der Waals surface area contributed by atoms with Crippen molar-refractivity contribution in [3.05, 3.63) is 47.8 Å². The molecule has 0 aliphatic carbocycles. The third kappa shape index (κ3) is 4.14. The van der Waals surface area contributed by atoms with E-state index in [1.165, 1.54) is 5.56 Å². The van der Waals surface area contributed by atoms with Crippen LogP contribution in [-0.2, 0) is 11.3 Å². The van der Waals surface area contributed by atoms with Crippen LogP contribution >= 0.6 is 0 Å². The zero-order valence-electron chi connectivity index (χ0n) is 14.3. The number of para-hydroxylation sites is 1. The van der Waals surface area contributed by atoms with Gasteiger partial charge in [0.2, 0.25) is 0 Å². The number of benzene rings is 1. The van der Waals surface area contributed by atoms with Crippen LogP contribution in [0, 0.1) is 6.92 Å². The predicted molar refractivity (Wildman–Crippen MR) is 91.1 cm³/mol. The number of aromatic nitrogens is 2. The predicted octanol–water partition coefficient (Wildman–Crippen LogP) is 1.63. The van der Waals surface area contributed by atoms with E-state index in [9.17, 15) is 5.11 Å². The quantitative estimate of drug-likeness (QED) is 0.797. The minimum atomic E-state index is -0.486. The topological polar surface area (TPSA) is 59.8 Å². The summed E-state index contributed by atoms with van der Waals surface area (Å²) in [5, 5.41) is 14.5. The number of likely N-dealkylation sites (tertiary alicyclic amines) is 1. The molecule has 1 aromatic carbocycles. The molecule has 1 aliphatic rings. The molecule has 1 aliphatic heterocycles. The van der Waals surface area contributed by atoms with Gasteiger partial charge in [-0.05, 0) is 18.6 Å². The number of methoxy groups -OCH3 is 1. The van der Waals surface area contributed by atoms with Crippen LogP contribution in [0.5, 0.6) is 5.75 Å². The molecule has 1 fully saturated rings. The van der Waals surface area contributed by atoms with Crippen LogP contribution in [0.25, 0.3) is 0 Å². The lowest BCUT2D eigenvalue weighted by molar-refractivity contribution is -0.0137. The van der Waals surface area contributed by atoms with Crippen molar-refractivity contribution in [2.24, 2.45) is 0 Å². The van der Waals surface area contributed by atoms with E-state index in [0.717, 1.165) is 24.4 Å². The van der Waals surface area contributed by atoms with Crippen molar-refractivity contribution in [3.63, 3.8) is 0 Å². The second-order valence-electron chi connectivity index (χ2n) is 6.35. The fourth-order valence-corrected chi connectivity index (χ4v) is 2.97. The fourth-order valence-electron chi connectivity index (χ4n) is 2.97. The summed E-state index contributed by atoms with van der Waals surface area (Å²) in [6.45, 7) is 5.27. The Bertz CT molecular complexity index is 652. The van der Waals surface area contributed by atoms with Crippen molar-refractivity contribution in [2.45, 2.75) is 25.7 Å². The Morgan fingerprint density at radius 2 is 2.12 bits per heavy atom. The van der Waals surface area contributed by atoms with E-state index in [4.69, 9.17) is 9.47 Å². The maximum Gasteiger partial charge on any atom is 0.124 e. The average molecular weight is 331 g/mol. The Morgan fingerprint density at radius 1 is 1.33 bits per heavy atom. The molecule has 2 aromatic rings. The molecule has 1 atom stereocenters. The number of aliphatic hydroxyl groups is 1. The molecule has 1 unspecified atom stereocenters. The molecule has 1 N–H and O–H groups in total. The summed E-state index contributed by atoms with van der Waals surface area (Å²) in [5.74, 6) is 0.812. The first-order valence-electron chi connectivity index (χ1n) is 8.26. The first-order chi connectivity index (χ1) is 11.7. The molecule has 6 nitrogen and oxygen atoms in total. The highest BCUT2D eigenvalue weighted by Gasteiger charge is 2.29. The van der Waals surface area contributed by atoms with Gasteiger partial charge in [0.25, 0.3) is 0 Å². The van der Waals surface area contributed by atoms with E-state index >= 15 is 0 Å². The molecule has 3 rings (SSSR count). The molecule has 0 amide bonds. The highest BCUT2D eigenvalue weighted by molar-refractivity contribution is 5.32. The molecule has 130 valence electrons. The Labute approximate surface area is 142 Å². The lowest BCUT2D eigenvalue weighted by atomic mass is 10.1. The minimum absolute atomic E-state index is 0.320. The molecule has 0 saturated carbocycles. The number of hydrogen-bond acceptors (Lipinski definition) is 5. The van der Waals surface area contributed by atoms with Gasteiger partial charge in [-0.2, -0.15) is 5.10 Å². The number of β-amino-alcohol motifs (C(OH)–C–C–N with tert-alkyl or cyclic N) is 1. The summed E-state index contributed by atoms with van der Waals surface area (Å²) in [5.41, 5.74) is 2.17. The maximum absolute atomic E-state index is 10.1. The van der Waals surface area contributed by atoms with E-state index in [1.54, 1.807) is 7.11 Å². The van der Waals surface area contributed by atoms with Gasteiger partial charge < -0.3 is 14.6 Å². The third-order valence-electron chi connectivity index (χ3n) is 4.27. The Morgan fingerprint density at radius 3 is 2.83 bits per heavy atom. The highest BCUT2D eigenvalue weighted by atomic mass is 16.5. The summed E-state index contributed by atoms with van der Waals surface area (Å²) in [6.07, 6.45) is 3.46. The van der Waals surface area contributed by atoms with Crippen molar-refractivity contribution in [3.8, 4) is 5.75 Å². The second kappa shape index (κ2) is 7.79. The van der Waals surface area contributed by atoms with Crippen molar-refractivity contribution < 1.29 is 14.6 Å². The van der Waals surface area contributed by atoms with Crippen LogP contribution < -0.4 is 4.74 Å². The SMILES string of the molecule is COc1ccccc1COCC(O)CN1CC(n2cc(C)cn2)C1. The van der Waals surface area contributed by atoms with Crippen molar-refractivity contribution in [1.29, 1.82) is 0 Å².